The largest absolute Gasteiger partial charge is 0.737 e. The van der Waals surface area contributed by atoms with Gasteiger partial charge in [-0.25, -0.2) is 0 Å². The van der Waals surface area contributed by atoms with Gasteiger partial charge in [-0.1, -0.05) is 66.7 Å². The topological polar surface area (TPSA) is 7.94 Å². The number of rotatable bonds is 2. The van der Waals surface area contributed by atoms with Gasteiger partial charge in [-0.3, -0.25) is 0 Å². The van der Waals surface area contributed by atoms with Crippen molar-refractivity contribution in [3.8, 4) is 0 Å². The van der Waals surface area contributed by atoms with Crippen LogP contribution in [0, 0.1) is 20.8 Å². The van der Waals surface area contributed by atoms with Gasteiger partial charge in [0.05, 0.1) is 11.1 Å². The molecule has 0 N–H and O–H groups in total. The van der Waals surface area contributed by atoms with Crippen molar-refractivity contribution in [2.75, 3.05) is 0 Å². The van der Waals surface area contributed by atoms with E-state index in [1.165, 1.54) is 25.3 Å². The molecule has 0 fully saturated rings. The Bertz CT molecular complexity index is 1970. The first-order valence-corrected chi connectivity index (χ1v) is 13.5. The summed E-state index contributed by atoms with van der Waals surface area (Å²) in [6.45, 7) is 5.63. The van der Waals surface area contributed by atoms with E-state index in [0.29, 0.717) is 22.8 Å². The molecule has 3 heterocycles. The molecule has 39 heavy (non-hydrogen) atoms. The van der Waals surface area contributed by atoms with Crippen molar-refractivity contribution in [1.29, 1.82) is 0 Å². The summed E-state index contributed by atoms with van der Waals surface area (Å²) in [5, 5.41) is 4.73. The van der Waals surface area contributed by atoms with Crippen LogP contribution in [0.25, 0.3) is 32.7 Å². The van der Waals surface area contributed by atoms with E-state index in [4.69, 9.17) is 0 Å². The molecule has 0 bridgehead atoms. The SMILES string of the molecule is CC1=C(c2ccc3cc4ccccc4c(C)c3c2)C(C)=[N+]2C1=C(c1ccccc1)c1c(C)cc(C)n1[B-]2(F)F. The molecule has 0 amide bonds. The number of aryl methyl sites for hydroxylation is 3. The number of benzene rings is 4. The van der Waals surface area contributed by atoms with E-state index in [1.54, 1.807) is 6.92 Å². The van der Waals surface area contributed by atoms with E-state index >= 15 is 8.63 Å². The zero-order chi connectivity index (χ0) is 27.2. The number of aromatic nitrogens is 1. The third kappa shape index (κ3) is 3.16. The summed E-state index contributed by atoms with van der Waals surface area (Å²) in [4.78, 5) is 0. The minimum absolute atomic E-state index is 0.576. The van der Waals surface area contributed by atoms with Crippen LogP contribution in [0.4, 0.5) is 8.63 Å². The van der Waals surface area contributed by atoms with Crippen molar-refractivity contribution in [3.63, 3.8) is 0 Å². The lowest BCUT2D eigenvalue weighted by Gasteiger charge is -2.34. The first kappa shape index (κ1) is 23.8. The number of allylic oxidation sites excluding steroid dienone is 2. The minimum atomic E-state index is -4.08. The molecule has 0 aliphatic carbocycles. The molecule has 0 unspecified atom stereocenters. The van der Waals surface area contributed by atoms with Gasteiger partial charge in [0.15, 0.2) is 5.70 Å². The highest BCUT2D eigenvalue weighted by Crippen LogP contribution is 2.47. The molecule has 2 aliphatic rings. The summed E-state index contributed by atoms with van der Waals surface area (Å²) in [7, 11) is 0. The van der Waals surface area contributed by atoms with Crippen LogP contribution in [0.15, 0.2) is 96.2 Å². The molecule has 0 radical (unpaired) electrons. The Morgan fingerprint density at radius 1 is 0.667 bits per heavy atom. The first-order chi connectivity index (χ1) is 18.7. The maximum Gasteiger partial charge on any atom is 0.737 e. The highest BCUT2D eigenvalue weighted by Gasteiger charge is 2.56. The molecule has 2 aliphatic heterocycles. The molecule has 0 spiro atoms. The highest BCUT2D eigenvalue weighted by atomic mass is 19.2. The fourth-order valence-corrected chi connectivity index (χ4v) is 7.06. The summed E-state index contributed by atoms with van der Waals surface area (Å²) in [6.07, 6.45) is 0. The second-order valence-electron chi connectivity index (χ2n) is 11.0. The third-order valence-corrected chi connectivity index (χ3v) is 8.69. The Balaban J connectivity index is 1.56. The van der Waals surface area contributed by atoms with Crippen LogP contribution in [0.2, 0.25) is 0 Å². The molecule has 7 rings (SSSR count). The summed E-state index contributed by atoms with van der Waals surface area (Å²) in [5.41, 5.74) is 9.02. The van der Waals surface area contributed by atoms with Gasteiger partial charge in [0.2, 0.25) is 0 Å². The zero-order valence-electron chi connectivity index (χ0n) is 22.8. The first-order valence-electron chi connectivity index (χ1n) is 13.5. The van der Waals surface area contributed by atoms with Crippen molar-refractivity contribution in [1.82, 2.24) is 4.48 Å². The molecule has 2 nitrogen and oxygen atoms in total. The monoisotopic (exact) mass is 514 g/mol. The van der Waals surface area contributed by atoms with Crippen LogP contribution in [0.1, 0.15) is 47.5 Å². The van der Waals surface area contributed by atoms with Crippen molar-refractivity contribution in [3.05, 3.63) is 130 Å². The predicted molar refractivity (Wildman–Crippen MR) is 159 cm³/mol. The van der Waals surface area contributed by atoms with E-state index in [0.717, 1.165) is 44.2 Å². The van der Waals surface area contributed by atoms with Gasteiger partial charge >= 0.3 is 6.97 Å². The van der Waals surface area contributed by atoms with Crippen LogP contribution >= 0.6 is 0 Å². The van der Waals surface area contributed by atoms with E-state index < -0.39 is 6.97 Å². The normalized spacial score (nSPS) is 16.5. The maximum atomic E-state index is 16.6. The lowest BCUT2D eigenvalue weighted by atomic mass is 9.83. The van der Waals surface area contributed by atoms with Gasteiger partial charge in [-0.05, 0) is 95.4 Å². The van der Waals surface area contributed by atoms with Crippen LogP contribution in [0.5, 0.6) is 0 Å². The van der Waals surface area contributed by atoms with Crippen molar-refractivity contribution in [2.24, 2.45) is 0 Å². The Hall–Kier alpha value is -4.25. The van der Waals surface area contributed by atoms with Crippen molar-refractivity contribution in [2.45, 2.75) is 34.6 Å². The molecule has 1 aromatic heterocycles. The molecule has 0 saturated carbocycles. The molecule has 5 heteroatoms. The van der Waals surface area contributed by atoms with Gasteiger partial charge in [-0.15, -0.1) is 0 Å². The Kier molecular flexibility index (Phi) is 4.97. The molecule has 192 valence electrons. The highest BCUT2D eigenvalue weighted by molar-refractivity contribution is 6.59. The summed E-state index contributed by atoms with van der Waals surface area (Å²) < 4.78 is 35.8. The second kappa shape index (κ2) is 8.13. The zero-order valence-corrected chi connectivity index (χ0v) is 22.8. The van der Waals surface area contributed by atoms with Gasteiger partial charge < -0.3 is 17.6 Å². The number of hydrogen-bond donors (Lipinski definition) is 0. The molecular formula is C34H29BF2N2. The number of fused-ring (bicyclic) bond motifs is 4. The summed E-state index contributed by atoms with van der Waals surface area (Å²) >= 11 is 0. The Morgan fingerprint density at radius 2 is 1.36 bits per heavy atom. The third-order valence-electron chi connectivity index (χ3n) is 8.69. The number of halogens is 2. The van der Waals surface area contributed by atoms with E-state index in [2.05, 4.69) is 55.5 Å². The summed E-state index contributed by atoms with van der Waals surface area (Å²) in [5.74, 6) is 0. The minimum Gasteiger partial charge on any atom is -0.393 e. The van der Waals surface area contributed by atoms with Gasteiger partial charge in [0.25, 0.3) is 0 Å². The van der Waals surface area contributed by atoms with Crippen LogP contribution in [0.3, 0.4) is 0 Å². The quantitative estimate of drug-likeness (QED) is 0.165. The fraction of sp³-hybridized carbons (Fsp3) is 0.147. The van der Waals surface area contributed by atoms with Crippen LogP contribution < -0.4 is 0 Å². The molecule has 5 aromatic rings. The average molecular weight is 514 g/mol. The number of hydrogen-bond acceptors (Lipinski definition) is 0. The van der Waals surface area contributed by atoms with Crippen molar-refractivity contribution < 1.29 is 13.1 Å². The van der Waals surface area contributed by atoms with E-state index in [9.17, 15) is 0 Å². The molecular weight excluding hydrogens is 485 g/mol. The second-order valence-corrected chi connectivity index (χ2v) is 11.0. The lowest BCUT2D eigenvalue weighted by molar-refractivity contribution is -0.363. The van der Waals surface area contributed by atoms with Gasteiger partial charge in [0.1, 0.15) is 5.71 Å². The molecule has 0 saturated heterocycles. The molecule has 0 atom stereocenters. The van der Waals surface area contributed by atoms with Gasteiger partial charge in [-0.2, -0.15) is 0 Å². The lowest BCUT2D eigenvalue weighted by Crippen LogP contribution is -2.51. The average Bonchev–Trinajstić information content (AvgIpc) is 3.37. The predicted octanol–water partition coefficient (Wildman–Crippen LogP) is 8.68. The Labute approximate surface area is 227 Å². The summed E-state index contributed by atoms with van der Waals surface area (Å²) in [6, 6.07) is 28.8. The fourth-order valence-electron chi connectivity index (χ4n) is 7.06. The van der Waals surface area contributed by atoms with E-state index in [-0.39, 0.29) is 0 Å². The van der Waals surface area contributed by atoms with Crippen molar-refractivity contribution >= 4 is 45.4 Å². The Morgan fingerprint density at radius 3 is 2.13 bits per heavy atom. The smallest absolute Gasteiger partial charge is 0.393 e. The van der Waals surface area contributed by atoms with Gasteiger partial charge in [0, 0.05) is 18.2 Å². The van der Waals surface area contributed by atoms with Crippen LogP contribution in [-0.4, -0.2) is 21.6 Å². The van der Waals surface area contributed by atoms with E-state index in [1.807, 2.05) is 57.2 Å². The molecule has 4 aromatic carbocycles. The maximum absolute atomic E-state index is 16.6. The standard InChI is InChI=1S/C34H29BF2N2/c1-20-17-21(2)38-33(20)32(25-11-7-6-8-12-25)34-23(4)31(24(5)39(34)35(38,36)37)28-16-15-27-18-26-13-9-10-14-29(26)22(3)30(27)19-28/h6-19H,1-5H3. The van der Waals surface area contributed by atoms with Crippen LogP contribution in [-0.2, 0) is 0 Å². The number of nitrogens with zero attached hydrogens (tertiary/aromatic N) is 2.